The summed E-state index contributed by atoms with van der Waals surface area (Å²) in [5, 5.41) is 4.25. The molecule has 6 aromatic rings. The van der Waals surface area contributed by atoms with Crippen LogP contribution in [-0.2, 0) is 0 Å². The highest BCUT2D eigenvalue weighted by atomic mass is 16.5. The molecule has 0 radical (unpaired) electrons. The van der Waals surface area contributed by atoms with E-state index in [9.17, 15) is 0 Å². The lowest BCUT2D eigenvalue weighted by Gasteiger charge is -2.13. The molecule has 0 aliphatic carbocycles. The molecule has 6 nitrogen and oxygen atoms in total. The first-order valence-electron chi connectivity index (χ1n) is 11.5. The molecule has 0 saturated carbocycles. The Balaban J connectivity index is 1.49. The highest BCUT2D eigenvalue weighted by Crippen LogP contribution is 2.34. The van der Waals surface area contributed by atoms with Gasteiger partial charge in [0, 0.05) is 35.8 Å². The first kappa shape index (κ1) is 20.9. The van der Waals surface area contributed by atoms with Crippen LogP contribution in [0.3, 0.4) is 0 Å². The number of nitrogens with zero attached hydrogens (tertiary/aromatic N) is 5. The minimum absolute atomic E-state index is 0.498. The number of rotatable bonds is 5. The normalized spacial score (nSPS) is 11.1. The molecule has 0 N–H and O–H groups in total. The van der Waals surface area contributed by atoms with E-state index in [1.165, 1.54) is 11.1 Å². The molecule has 0 bridgehead atoms. The molecule has 0 unspecified atom stereocenters. The number of hydrogen-bond donors (Lipinski definition) is 0. The number of aromatic nitrogens is 5. The first-order chi connectivity index (χ1) is 17.2. The number of para-hydroxylation sites is 1. The molecular weight excluding hydrogens is 434 g/mol. The molecule has 0 saturated heterocycles. The predicted octanol–water partition coefficient (Wildman–Crippen LogP) is 6.68. The SMILES string of the molecule is Cc1cccc(C)c1-c1nc2ccc(Oc3cccc(-n4cccn4)n3)cc2n1-c1ccccc1. The molecule has 0 spiro atoms. The minimum Gasteiger partial charge on any atom is -0.439 e. The van der Waals surface area contributed by atoms with E-state index in [0.717, 1.165) is 28.1 Å². The van der Waals surface area contributed by atoms with Crippen molar-refractivity contribution < 1.29 is 4.74 Å². The molecule has 170 valence electrons. The van der Waals surface area contributed by atoms with Gasteiger partial charge in [-0.25, -0.2) is 9.67 Å². The van der Waals surface area contributed by atoms with Crippen LogP contribution in [0.1, 0.15) is 11.1 Å². The molecule has 0 fully saturated rings. The number of fused-ring (bicyclic) bond motifs is 1. The van der Waals surface area contributed by atoms with Gasteiger partial charge in [-0.1, -0.05) is 42.5 Å². The summed E-state index contributed by atoms with van der Waals surface area (Å²) < 4.78 is 10.1. The van der Waals surface area contributed by atoms with E-state index in [1.807, 2.05) is 66.9 Å². The lowest BCUT2D eigenvalue weighted by Crippen LogP contribution is -2.00. The maximum Gasteiger partial charge on any atom is 0.221 e. The standard InChI is InChI=1S/C29H23N5O/c1-20-9-6-10-21(2)28(20)29-31-24-16-15-23(19-25(24)34(29)22-11-4-3-5-12-22)35-27-14-7-13-26(32-27)33-18-8-17-30-33/h3-19H,1-2H3. The second kappa shape index (κ2) is 8.57. The molecule has 0 atom stereocenters. The highest BCUT2D eigenvalue weighted by Gasteiger charge is 2.18. The van der Waals surface area contributed by atoms with Crippen molar-refractivity contribution in [1.29, 1.82) is 0 Å². The van der Waals surface area contributed by atoms with E-state index < -0.39 is 0 Å². The zero-order chi connectivity index (χ0) is 23.8. The Morgan fingerprint density at radius 2 is 1.54 bits per heavy atom. The Bertz CT molecular complexity index is 1620. The molecule has 3 heterocycles. The van der Waals surface area contributed by atoms with Crippen LogP contribution in [0, 0.1) is 13.8 Å². The van der Waals surface area contributed by atoms with Gasteiger partial charge in [0.25, 0.3) is 0 Å². The van der Waals surface area contributed by atoms with Crippen LogP contribution in [0.5, 0.6) is 11.6 Å². The summed E-state index contributed by atoms with van der Waals surface area (Å²) in [6.07, 6.45) is 3.58. The van der Waals surface area contributed by atoms with Crippen LogP contribution >= 0.6 is 0 Å². The molecule has 35 heavy (non-hydrogen) atoms. The molecule has 0 aliphatic rings. The van der Waals surface area contributed by atoms with Gasteiger partial charge in [-0.05, 0) is 61.4 Å². The fourth-order valence-electron chi connectivity index (χ4n) is 4.41. The monoisotopic (exact) mass is 457 g/mol. The summed E-state index contributed by atoms with van der Waals surface area (Å²) in [4.78, 5) is 9.66. The van der Waals surface area contributed by atoms with Crippen LogP contribution in [0.2, 0.25) is 0 Å². The van der Waals surface area contributed by atoms with E-state index >= 15 is 0 Å². The van der Waals surface area contributed by atoms with Crippen molar-refractivity contribution in [1.82, 2.24) is 24.3 Å². The maximum absolute atomic E-state index is 6.19. The average molecular weight is 458 g/mol. The summed E-state index contributed by atoms with van der Waals surface area (Å²) in [7, 11) is 0. The van der Waals surface area contributed by atoms with E-state index in [-0.39, 0.29) is 0 Å². The van der Waals surface area contributed by atoms with Crippen LogP contribution in [0.4, 0.5) is 0 Å². The smallest absolute Gasteiger partial charge is 0.221 e. The number of ether oxygens (including phenoxy) is 1. The number of hydrogen-bond acceptors (Lipinski definition) is 4. The summed E-state index contributed by atoms with van der Waals surface area (Å²) in [5.41, 5.74) is 6.43. The summed E-state index contributed by atoms with van der Waals surface area (Å²) >= 11 is 0. The zero-order valence-electron chi connectivity index (χ0n) is 19.5. The van der Waals surface area contributed by atoms with Crippen molar-refractivity contribution in [2.45, 2.75) is 13.8 Å². The van der Waals surface area contributed by atoms with Gasteiger partial charge in [0.2, 0.25) is 5.88 Å². The lowest BCUT2D eigenvalue weighted by atomic mass is 10.0. The largest absolute Gasteiger partial charge is 0.439 e. The molecule has 6 rings (SSSR count). The maximum atomic E-state index is 6.19. The number of benzene rings is 3. The van der Waals surface area contributed by atoms with Gasteiger partial charge in [0.15, 0.2) is 5.82 Å². The van der Waals surface area contributed by atoms with Crippen molar-refractivity contribution in [3.05, 3.63) is 115 Å². The second-order valence-electron chi connectivity index (χ2n) is 8.41. The third-order valence-corrected chi connectivity index (χ3v) is 6.02. The number of aryl methyl sites for hydroxylation is 2. The third-order valence-electron chi connectivity index (χ3n) is 6.02. The Hall–Kier alpha value is -4.71. The molecular formula is C29H23N5O. The van der Waals surface area contributed by atoms with Gasteiger partial charge in [0.05, 0.1) is 11.0 Å². The molecule has 0 amide bonds. The van der Waals surface area contributed by atoms with E-state index in [1.54, 1.807) is 10.9 Å². The van der Waals surface area contributed by atoms with Crippen molar-refractivity contribution in [3.8, 4) is 34.5 Å². The van der Waals surface area contributed by atoms with E-state index in [4.69, 9.17) is 9.72 Å². The topological polar surface area (TPSA) is 57.8 Å². The lowest BCUT2D eigenvalue weighted by molar-refractivity contribution is 0.462. The summed E-state index contributed by atoms with van der Waals surface area (Å²) in [6.45, 7) is 4.26. The van der Waals surface area contributed by atoms with Crippen molar-refractivity contribution in [2.24, 2.45) is 0 Å². The number of pyridine rings is 1. The van der Waals surface area contributed by atoms with Crippen LogP contribution in [0.15, 0.2) is 103 Å². The van der Waals surface area contributed by atoms with Crippen LogP contribution < -0.4 is 4.74 Å². The van der Waals surface area contributed by atoms with Crippen LogP contribution in [0.25, 0.3) is 33.9 Å². The van der Waals surface area contributed by atoms with Gasteiger partial charge >= 0.3 is 0 Å². The van der Waals surface area contributed by atoms with Crippen LogP contribution in [-0.4, -0.2) is 24.3 Å². The average Bonchev–Trinajstić information content (AvgIpc) is 3.53. The molecule has 3 aromatic heterocycles. The quantitative estimate of drug-likeness (QED) is 0.290. The van der Waals surface area contributed by atoms with Crippen molar-refractivity contribution in [3.63, 3.8) is 0 Å². The fourth-order valence-corrected chi connectivity index (χ4v) is 4.41. The Kier molecular flexibility index (Phi) is 5.11. The summed E-state index contributed by atoms with van der Waals surface area (Å²) in [6, 6.07) is 30.1. The second-order valence-corrected chi connectivity index (χ2v) is 8.41. The molecule has 0 aliphatic heterocycles. The molecule has 6 heteroatoms. The minimum atomic E-state index is 0.498. The Morgan fingerprint density at radius 1 is 0.743 bits per heavy atom. The molecule has 3 aromatic carbocycles. The van der Waals surface area contributed by atoms with Gasteiger partial charge < -0.3 is 4.74 Å². The number of imidazole rings is 1. The first-order valence-corrected chi connectivity index (χ1v) is 11.5. The zero-order valence-corrected chi connectivity index (χ0v) is 19.5. The van der Waals surface area contributed by atoms with Crippen molar-refractivity contribution >= 4 is 11.0 Å². The predicted molar refractivity (Wildman–Crippen MR) is 137 cm³/mol. The van der Waals surface area contributed by atoms with Gasteiger partial charge in [0.1, 0.15) is 11.6 Å². The van der Waals surface area contributed by atoms with Gasteiger partial charge in [-0.15, -0.1) is 0 Å². The Morgan fingerprint density at radius 3 is 2.31 bits per heavy atom. The van der Waals surface area contributed by atoms with Gasteiger partial charge in [-0.2, -0.15) is 10.1 Å². The highest BCUT2D eigenvalue weighted by molar-refractivity contribution is 5.85. The Labute approximate surface area is 203 Å². The van der Waals surface area contributed by atoms with E-state index in [2.05, 4.69) is 58.8 Å². The van der Waals surface area contributed by atoms with E-state index in [0.29, 0.717) is 17.4 Å². The third kappa shape index (κ3) is 3.85. The van der Waals surface area contributed by atoms with Crippen molar-refractivity contribution in [2.75, 3.05) is 0 Å². The summed E-state index contributed by atoms with van der Waals surface area (Å²) in [5.74, 6) is 2.80. The van der Waals surface area contributed by atoms with Gasteiger partial charge in [-0.3, -0.25) is 4.57 Å². The fraction of sp³-hybridized carbons (Fsp3) is 0.0690.